The Bertz CT molecular complexity index is 169. The van der Waals surface area contributed by atoms with E-state index in [9.17, 15) is 0 Å². The van der Waals surface area contributed by atoms with Gasteiger partial charge in [-0.15, -0.1) is 0 Å². The Balaban J connectivity index is 0. The molecule has 0 aliphatic rings. The molecule has 0 bridgehead atoms. The van der Waals surface area contributed by atoms with Gasteiger partial charge in [-0.2, -0.15) is 6.42 Å². The van der Waals surface area contributed by atoms with Crippen LogP contribution >= 0.6 is 0 Å². The summed E-state index contributed by atoms with van der Waals surface area (Å²) < 4.78 is 0. The van der Waals surface area contributed by atoms with Crippen LogP contribution in [0.3, 0.4) is 0 Å². The fourth-order valence-electron chi connectivity index (χ4n) is 0.599. The van der Waals surface area contributed by atoms with Crippen molar-refractivity contribution in [1.29, 1.82) is 0 Å². The first-order valence-corrected chi connectivity index (χ1v) is 3.03. The molecule has 1 rings (SSSR count). The van der Waals surface area contributed by atoms with E-state index < -0.39 is 0 Å². The molecule has 0 amide bonds. The van der Waals surface area contributed by atoms with E-state index in [1.165, 1.54) is 0 Å². The molecular formula is C7H9N2ReRf-. The van der Waals surface area contributed by atoms with Gasteiger partial charge in [0, 0.05) is 32.8 Å². The number of aromatic nitrogens is 2. The Hall–Kier alpha value is -1.39. The van der Waals surface area contributed by atoms with Crippen LogP contribution in [0.5, 0.6) is 0 Å². The molecule has 0 saturated heterocycles. The molecule has 2 nitrogen and oxygen atoms in total. The van der Waals surface area contributed by atoms with Crippen molar-refractivity contribution in [3.63, 3.8) is 0 Å². The Morgan fingerprint density at radius 1 is 1.36 bits per heavy atom. The van der Waals surface area contributed by atoms with Gasteiger partial charge in [0.15, 0.2) is 0 Å². The average Bonchev–Trinajstić information content (AvgIpc) is 1.91. The second kappa shape index (κ2) is 6.73. The Kier molecular flexibility index (Phi) is 7.53. The van der Waals surface area contributed by atoms with E-state index in [0.717, 1.165) is 12.2 Å². The first-order chi connectivity index (χ1) is 4.43. The van der Waals surface area contributed by atoms with Crippen LogP contribution in [0.25, 0.3) is 0 Å². The molecule has 0 atom stereocenters. The summed E-state index contributed by atoms with van der Waals surface area (Å²) in [7, 11) is 0. The SMILES string of the molecule is CC[CH-]c1ncccn1.[Re].[Rf]. The third kappa shape index (κ3) is 4.08. The van der Waals surface area contributed by atoms with E-state index in [4.69, 9.17) is 0 Å². The summed E-state index contributed by atoms with van der Waals surface area (Å²) in [6, 6.07) is 1.81. The summed E-state index contributed by atoms with van der Waals surface area (Å²) in [6.45, 7) is 2.07. The molecule has 1 radical (unpaired) electrons. The van der Waals surface area contributed by atoms with Crippen molar-refractivity contribution in [2.24, 2.45) is 0 Å². The Morgan fingerprint density at radius 2 is 1.91 bits per heavy atom. The standard InChI is InChI=1S/C7H9N2.Re.Rf/c1-2-4-7-8-5-3-6-9-7;;/h3-6H,2H2,1H3;;/q-1;;. The van der Waals surface area contributed by atoms with Crippen LogP contribution in [-0.4, -0.2) is 9.97 Å². The minimum Gasteiger partial charge on any atom is -0.324 e. The quantitative estimate of drug-likeness (QED) is 0.500. The van der Waals surface area contributed by atoms with Gasteiger partial charge in [0.1, 0.15) is 0 Å². The topological polar surface area (TPSA) is 25.8 Å². The summed E-state index contributed by atoms with van der Waals surface area (Å²) in [5, 5.41) is 0. The summed E-state index contributed by atoms with van der Waals surface area (Å²) in [5.74, 6) is 0.819. The van der Waals surface area contributed by atoms with E-state index in [-0.39, 0.29) is 20.4 Å². The maximum Gasteiger partial charge on any atom is 0.0273 e. The first-order valence-electron chi connectivity index (χ1n) is 3.03. The van der Waals surface area contributed by atoms with Crippen molar-refractivity contribution in [3.05, 3.63) is 30.7 Å². The van der Waals surface area contributed by atoms with Crippen molar-refractivity contribution in [1.82, 2.24) is 9.97 Å². The van der Waals surface area contributed by atoms with Gasteiger partial charge in [0.2, 0.25) is 0 Å². The molecular weight excluding hydrogens is 565 g/mol. The molecule has 0 aliphatic heterocycles. The number of rotatable bonds is 2. The summed E-state index contributed by atoms with van der Waals surface area (Å²) in [6.07, 6.45) is 6.47. The molecule has 1 aromatic rings. The molecule has 11 heavy (non-hydrogen) atoms. The van der Waals surface area contributed by atoms with E-state index >= 15 is 0 Å². The molecule has 57 valence electrons. The fourth-order valence-corrected chi connectivity index (χ4v) is 0.599. The molecule has 0 saturated carbocycles. The third-order valence-electron chi connectivity index (χ3n) is 0.972. The fraction of sp³-hybridized carbons (Fsp3) is 0.286. The van der Waals surface area contributed by atoms with Gasteiger partial charge in [-0.1, -0.05) is 6.92 Å². The van der Waals surface area contributed by atoms with Crippen LogP contribution in [0.1, 0.15) is 19.2 Å². The largest absolute Gasteiger partial charge is 0.324 e. The van der Waals surface area contributed by atoms with Gasteiger partial charge in [-0.05, 0) is 11.9 Å². The van der Waals surface area contributed by atoms with E-state index in [1.54, 1.807) is 12.4 Å². The average molecular weight is 574 g/mol. The molecule has 0 spiro atoms. The molecule has 0 unspecified atom stereocenters. The number of nitrogens with zero attached hydrogens (tertiary/aromatic N) is 2. The second-order valence-corrected chi connectivity index (χ2v) is 1.72. The van der Waals surface area contributed by atoms with E-state index in [0.29, 0.717) is 0 Å². The molecule has 0 N–H and O–H groups in total. The molecule has 4 heteroatoms. The number of hydrogen-bond donors (Lipinski definition) is 0. The normalized spacial score (nSPS) is 7.36. The smallest absolute Gasteiger partial charge is 0.0273 e. The predicted molar refractivity (Wildman–Crippen MR) is 35.7 cm³/mol. The molecule has 1 aromatic heterocycles. The van der Waals surface area contributed by atoms with Crippen LogP contribution in [0.2, 0.25) is 0 Å². The van der Waals surface area contributed by atoms with Crippen molar-refractivity contribution in [3.8, 4) is 0 Å². The first kappa shape index (κ1) is 12.3. The van der Waals surface area contributed by atoms with Crippen molar-refractivity contribution < 1.29 is 20.4 Å². The van der Waals surface area contributed by atoms with Crippen LogP contribution in [0, 0.1) is 6.42 Å². The van der Waals surface area contributed by atoms with Gasteiger partial charge in [0.05, 0.1) is 0 Å². The zero-order chi connectivity index (χ0) is 6.53. The van der Waals surface area contributed by atoms with Crippen LogP contribution in [-0.2, 0) is 20.4 Å². The van der Waals surface area contributed by atoms with Gasteiger partial charge in [-0.25, -0.2) is 0 Å². The second-order valence-electron chi connectivity index (χ2n) is 1.72. The van der Waals surface area contributed by atoms with Crippen LogP contribution in [0.15, 0.2) is 18.5 Å². The van der Waals surface area contributed by atoms with Crippen LogP contribution in [0.4, 0.5) is 0 Å². The van der Waals surface area contributed by atoms with Gasteiger partial charge < -0.3 is 6.42 Å². The Labute approximate surface area is 74.7 Å². The van der Waals surface area contributed by atoms with E-state index in [2.05, 4.69) is 16.9 Å². The zero-order valence-electron chi connectivity index (χ0n) is 6.50. The molecule has 0 fully saturated rings. The molecule has 0 aromatic carbocycles. The van der Waals surface area contributed by atoms with Crippen LogP contribution < -0.4 is 0 Å². The Morgan fingerprint density at radius 3 is 2.36 bits per heavy atom. The summed E-state index contributed by atoms with van der Waals surface area (Å²) in [4.78, 5) is 8.00. The maximum atomic E-state index is 4.00. The molecule has 1 heterocycles. The third-order valence-corrected chi connectivity index (χ3v) is 0.972. The minimum atomic E-state index is 0. The zero-order valence-corrected chi connectivity index (χ0v) is 15.6. The van der Waals surface area contributed by atoms with Crippen molar-refractivity contribution >= 4 is 0 Å². The van der Waals surface area contributed by atoms with Crippen molar-refractivity contribution in [2.45, 2.75) is 13.3 Å². The van der Waals surface area contributed by atoms with Gasteiger partial charge in [0.25, 0.3) is 0 Å². The van der Waals surface area contributed by atoms with E-state index in [1.807, 2.05) is 12.5 Å². The maximum absolute atomic E-state index is 4.00. The van der Waals surface area contributed by atoms with Crippen molar-refractivity contribution in [2.75, 3.05) is 0 Å². The minimum absolute atomic E-state index is 0. The summed E-state index contributed by atoms with van der Waals surface area (Å²) in [5.41, 5.74) is 0. The summed E-state index contributed by atoms with van der Waals surface area (Å²) >= 11 is 0. The number of hydrogen-bond acceptors (Lipinski definition) is 2. The van der Waals surface area contributed by atoms with Gasteiger partial charge in [-0.3, -0.25) is 9.97 Å². The van der Waals surface area contributed by atoms with Gasteiger partial charge >= 0.3 is 0 Å². The monoisotopic (exact) mass is 575 g/mol. The predicted octanol–water partition coefficient (Wildman–Crippen LogP) is 1.44. The molecule has 0 aliphatic carbocycles.